The molecule has 0 aromatic heterocycles. The molecule has 1 fully saturated rings. The van der Waals surface area contributed by atoms with Crippen LogP contribution in [-0.4, -0.2) is 30.7 Å². The van der Waals surface area contributed by atoms with Crippen LogP contribution in [0.5, 0.6) is 0 Å². The van der Waals surface area contributed by atoms with E-state index in [1.807, 2.05) is 13.8 Å². The van der Waals surface area contributed by atoms with Crippen LogP contribution in [0, 0.1) is 5.92 Å². The van der Waals surface area contributed by atoms with Crippen molar-refractivity contribution < 1.29 is 14.6 Å². The SMILES string of the molecule is CC1(C)OCC(CCCO)CO1. The van der Waals surface area contributed by atoms with Crippen molar-refractivity contribution in [3.8, 4) is 0 Å². The second-order valence-electron chi connectivity index (χ2n) is 3.75. The molecule has 1 heterocycles. The van der Waals surface area contributed by atoms with E-state index in [-0.39, 0.29) is 6.61 Å². The van der Waals surface area contributed by atoms with Crippen LogP contribution in [0.4, 0.5) is 0 Å². The summed E-state index contributed by atoms with van der Waals surface area (Å²) in [5.74, 6) is 0.0561. The van der Waals surface area contributed by atoms with Gasteiger partial charge in [0.1, 0.15) is 0 Å². The van der Waals surface area contributed by atoms with Gasteiger partial charge in [0, 0.05) is 12.5 Å². The summed E-state index contributed by atoms with van der Waals surface area (Å²) < 4.78 is 10.9. The fraction of sp³-hybridized carbons (Fsp3) is 1.00. The molecule has 72 valence electrons. The Hall–Kier alpha value is -0.120. The zero-order valence-corrected chi connectivity index (χ0v) is 7.88. The molecule has 1 N–H and O–H groups in total. The number of rotatable bonds is 3. The molecule has 0 amide bonds. The lowest BCUT2D eigenvalue weighted by atomic mass is 10.0. The van der Waals surface area contributed by atoms with Gasteiger partial charge >= 0.3 is 0 Å². The van der Waals surface area contributed by atoms with Crippen LogP contribution in [0.25, 0.3) is 0 Å². The first-order valence-electron chi connectivity index (χ1n) is 4.53. The van der Waals surface area contributed by atoms with Crippen molar-refractivity contribution in [2.45, 2.75) is 32.5 Å². The van der Waals surface area contributed by atoms with Gasteiger partial charge < -0.3 is 14.6 Å². The lowest BCUT2D eigenvalue weighted by Crippen LogP contribution is -2.39. The van der Waals surface area contributed by atoms with Gasteiger partial charge in [0.25, 0.3) is 0 Å². The number of ether oxygens (including phenoxy) is 2. The van der Waals surface area contributed by atoms with Gasteiger partial charge in [-0.3, -0.25) is 0 Å². The summed E-state index contributed by atoms with van der Waals surface area (Å²) in [6.45, 7) is 5.63. The first-order valence-corrected chi connectivity index (χ1v) is 4.53. The van der Waals surface area contributed by atoms with Crippen molar-refractivity contribution in [1.82, 2.24) is 0 Å². The van der Waals surface area contributed by atoms with Gasteiger partial charge in [-0.2, -0.15) is 0 Å². The van der Waals surface area contributed by atoms with Crippen LogP contribution in [0.15, 0.2) is 0 Å². The maximum Gasteiger partial charge on any atom is 0.162 e. The smallest absolute Gasteiger partial charge is 0.162 e. The van der Waals surface area contributed by atoms with Gasteiger partial charge in [0.2, 0.25) is 0 Å². The standard InChI is InChI=1S/C9H18O3/c1-9(2)11-6-8(7-12-9)4-3-5-10/h8,10H,3-7H2,1-2H3. The fourth-order valence-corrected chi connectivity index (χ4v) is 1.27. The van der Waals surface area contributed by atoms with Gasteiger partial charge in [-0.25, -0.2) is 0 Å². The van der Waals surface area contributed by atoms with Crippen molar-refractivity contribution in [1.29, 1.82) is 0 Å². The van der Waals surface area contributed by atoms with E-state index < -0.39 is 5.79 Å². The number of hydrogen-bond donors (Lipinski definition) is 1. The third kappa shape index (κ3) is 3.09. The van der Waals surface area contributed by atoms with E-state index in [9.17, 15) is 0 Å². The van der Waals surface area contributed by atoms with Crippen LogP contribution in [0.2, 0.25) is 0 Å². The molecule has 0 spiro atoms. The number of aliphatic hydroxyl groups excluding tert-OH is 1. The Kier molecular flexibility index (Phi) is 3.50. The quantitative estimate of drug-likeness (QED) is 0.697. The lowest BCUT2D eigenvalue weighted by Gasteiger charge is -2.34. The predicted octanol–water partition coefficient (Wildman–Crippen LogP) is 1.16. The molecule has 0 aliphatic carbocycles. The highest BCUT2D eigenvalue weighted by molar-refractivity contribution is 4.67. The second-order valence-corrected chi connectivity index (χ2v) is 3.75. The van der Waals surface area contributed by atoms with Crippen molar-refractivity contribution >= 4 is 0 Å². The van der Waals surface area contributed by atoms with Gasteiger partial charge in [0.05, 0.1) is 13.2 Å². The minimum absolute atomic E-state index is 0.264. The Morgan fingerprint density at radius 2 is 1.92 bits per heavy atom. The van der Waals surface area contributed by atoms with E-state index >= 15 is 0 Å². The van der Waals surface area contributed by atoms with Gasteiger partial charge in [-0.1, -0.05) is 0 Å². The summed E-state index contributed by atoms with van der Waals surface area (Å²) in [5, 5.41) is 8.62. The Bertz CT molecular complexity index is 124. The molecule has 0 saturated carbocycles. The third-order valence-corrected chi connectivity index (χ3v) is 2.10. The molecule has 0 radical (unpaired) electrons. The van der Waals surface area contributed by atoms with Crippen LogP contribution in [0.1, 0.15) is 26.7 Å². The van der Waals surface area contributed by atoms with Crippen molar-refractivity contribution in [3.63, 3.8) is 0 Å². The Labute approximate surface area is 73.7 Å². The van der Waals surface area contributed by atoms with E-state index in [1.165, 1.54) is 0 Å². The largest absolute Gasteiger partial charge is 0.396 e. The molecular weight excluding hydrogens is 156 g/mol. The van der Waals surface area contributed by atoms with Crippen molar-refractivity contribution in [3.05, 3.63) is 0 Å². The van der Waals surface area contributed by atoms with Crippen LogP contribution >= 0.6 is 0 Å². The first kappa shape index (κ1) is 9.96. The molecular formula is C9H18O3. The van der Waals surface area contributed by atoms with Crippen LogP contribution in [0.3, 0.4) is 0 Å². The third-order valence-electron chi connectivity index (χ3n) is 2.10. The lowest BCUT2D eigenvalue weighted by molar-refractivity contribution is -0.262. The van der Waals surface area contributed by atoms with Crippen molar-refractivity contribution in [2.75, 3.05) is 19.8 Å². The average molecular weight is 174 g/mol. The van der Waals surface area contributed by atoms with Crippen LogP contribution in [-0.2, 0) is 9.47 Å². The zero-order valence-electron chi connectivity index (χ0n) is 7.88. The van der Waals surface area contributed by atoms with Crippen molar-refractivity contribution in [2.24, 2.45) is 5.92 Å². The van der Waals surface area contributed by atoms with E-state index in [4.69, 9.17) is 14.6 Å². The molecule has 3 nitrogen and oxygen atoms in total. The van der Waals surface area contributed by atoms with E-state index in [0.717, 1.165) is 26.1 Å². The van der Waals surface area contributed by atoms with Gasteiger partial charge in [-0.15, -0.1) is 0 Å². The molecule has 0 aromatic carbocycles. The Morgan fingerprint density at radius 3 is 2.42 bits per heavy atom. The van der Waals surface area contributed by atoms with Gasteiger partial charge in [-0.05, 0) is 26.7 Å². The normalized spacial score (nSPS) is 24.2. The molecule has 3 heteroatoms. The number of aliphatic hydroxyl groups is 1. The summed E-state index contributed by atoms with van der Waals surface area (Å²) in [7, 11) is 0. The van der Waals surface area contributed by atoms with Crippen LogP contribution < -0.4 is 0 Å². The molecule has 0 atom stereocenters. The topological polar surface area (TPSA) is 38.7 Å². The number of hydrogen-bond acceptors (Lipinski definition) is 3. The molecule has 0 aromatic rings. The molecule has 0 unspecified atom stereocenters. The molecule has 0 bridgehead atoms. The minimum atomic E-state index is -0.407. The summed E-state index contributed by atoms with van der Waals surface area (Å²) in [4.78, 5) is 0. The Balaban J connectivity index is 2.18. The maximum atomic E-state index is 8.62. The molecule has 1 aliphatic heterocycles. The monoisotopic (exact) mass is 174 g/mol. The second kappa shape index (κ2) is 4.21. The van der Waals surface area contributed by atoms with E-state index in [2.05, 4.69) is 0 Å². The highest BCUT2D eigenvalue weighted by atomic mass is 16.7. The average Bonchev–Trinajstić information content (AvgIpc) is 2.03. The summed E-state index contributed by atoms with van der Waals surface area (Å²) in [6.07, 6.45) is 1.84. The summed E-state index contributed by atoms with van der Waals surface area (Å²) >= 11 is 0. The molecule has 1 rings (SSSR count). The summed E-state index contributed by atoms with van der Waals surface area (Å²) in [5.41, 5.74) is 0. The van der Waals surface area contributed by atoms with E-state index in [0.29, 0.717) is 5.92 Å². The predicted molar refractivity (Wildman–Crippen MR) is 45.8 cm³/mol. The Morgan fingerprint density at radius 1 is 1.33 bits per heavy atom. The highest BCUT2D eigenvalue weighted by Crippen LogP contribution is 2.22. The molecule has 1 saturated heterocycles. The molecule has 12 heavy (non-hydrogen) atoms. The minimum Gasteiger partial charge on any atom is -0.396 e. The highest BCUT2D eigenvalue weighted by Gasteiger charge is 2.27. The zero-order chi connectivity index (χ0) is 9.03. The summed E-state index contributed by atoms with van der Waals surface area (Å²) in [6, 6.07) is 0. The maximum absolute atomic E-state index is 8.62. The van der Waals surface area contributed by atoms with Gasteiger partial charge in [0.15, 0.2) is 5.79 Å². The van der Waals surface area contributed by atoms with E-state index in [1.54, 1.807) is 0 Å². The first-order chi connectivity index (χ1) is 5.64. The fourth-order valence-electron chi connectivity index (χ4n) is 1.27. The molecule has 1 aliphatic rings.